The second kappa shape index (κ2) is 34.2. The number of aliphatic hydroxyl groups is 3. The number of imide groups is 1. The Balaban J connectivity index is 0.000000205. The Bertz CT molecular complexity index is 4760. The van der Waals surface area contributed by atoms with Crippen molar-refractivity contribution >= 4 is 94.5 Å². The Morgan fingerprint density at radius 3 is 1.40 bits per heavy atom. The van der Waals surface area contributed by atoms with Gasteiger partial charge in [0.05, 0.1) is 91.2 Å². The van der Waals surface area contributed by atoms with Gasteiger partial charge < -0.3 is 82.2 Å². The van der Waals surface area contributed by atoms with Crippen molar-refractivity contribution < 1.29 is 134 Å². The molecule has 7 fully saturated rings. The summed E-state index contributed by atoms with van der Waals surface area (Å²) in [5.41, 5.74) is -12.5. The molecule has 9 aliphatic rings. The number of hydrogen-bond acceptors (Lipinski definition) is 30. The Morgan fingerprint density at radius 1 is 0.574 bits per heavy atom. The number of Topliss-reactive ketones (excluding diaryl/α,β-unsaturated/α-hetero) is 2. The molecule has 4 N–H and O–H groups in total. The summed E-state index contributed by atoms with van der Waals surface area (Å²) in [6, 6.07) is 22.6. The highest BCUT2D eigenvalue weighted by atomic mass is 32.1. The first-order valence-electron chi connectivity index (χ1n) is 40.9. The summed E-state index contributed by atoms with van der Waals surface area (Å²) in [4.78, 5) is 164. The molecule has 22 atom stereocenters. The Hall–Kier alpha value is -9.44. The second-order valence-corrected chi connectivity index (χ2v) is 38.8. The van der Waals surface area contributed by atoms with Crippen LogP contribution >= 0.6 is 22.7 Å². The van der Waals surface area contributed by atoms with E-state index in [1.165, 1.54) is 42.2 Å². The largest absolute Gasteiger partial charge is 0.508 e. The Kier molecular flexibility index (Phi) is 26.2. The molecule has 5 heterocycles. The predicted octanol–water partition coefficient (Wildman–Crippen LogP) is 13.0. The predicted molar refractivity (Wildman–Crippen MR) is 438 cm³/mol. The molecule has 3 aliphatic heterocycles. The number of ketones is 2. The number of β-lactam (4-membered cyclic amide) rings is 1. The van der Waals surface area contributed by atoms with Gasteiger partial charge in [-0.2, -0.15) is 0 Å². The quantitative estimate of drug-likeness (QED) is 0.0394. The fourth-order valence-corrected chi connectivity index (χ4v) is 22.6. The number of methoxy groups -OCH3 is 2. The van der Waals surface area contributed by atoms with Crippen molar-refractivity contribution in [3.05, 3.63) is 139 Å². The smallest absolute Gasteiger partial charge is 0.457 e. The molecule has 4 bridgehead atoms. The highest BCUT2D eigenvalue weighted by Crippen LogP contribution is 2.68. The normalized spacial score (nSPS) is 33.7. The zero-order valence-electron chi connectivity index (χ0n) is 73.0. The van der Waals surface area contributed by atoms with Crippen molar-refractivity contribution in [3.63, 3.8) is 0 Å². The fourth-order valence-electron chi connectivity index (χ4n) is 20.8. The van der Waals surface area contributed by atoms with Crippen molar-refractivity contribution in [2.45, 2.75) is 259 Å². The SMILES string of the molecule is COC(=O)O[C@H]1C[C@H]2OC[C@@]2(OC(C)=O)C2[C@H](OC(=O)c3ccccc3)[C@]3(O)C[C@H](O)C(C)=C([C@@H](C)C(=O)[C@@]21C)C3(C)C.COC(=O)O[C@H]1C[C@H]2OC[C@@]2(OC(C)=O)C2[C@H](OC(=O)c3ccccc3)[C@]3(O)C[C@H](OC(=O)[C@H](C)[C@@H](NC(=O)OC(C)(C)C)c4cccs4)C(C)=C([C@@H](C)C(=O)[C@@]21C)C3(C)C.C[C@H]1C(=O)N(C(=O)OC(C)(C)C)[C@H]1c1cccs1. The third-order valence-electron chi connectivity index (χ3n) is 26.7. The zero-order valence-corrected chi connectivity index (χ0v) is 74.7. The molecular formula is C90H114N2O28S2. The van der Waals surface area contributed by atoms with Gasteiger partial charge in [-0.25, -0.2) is 33.7 Å². The summed E-state index contributed by atoms with van der Waals surface area (Å²) < 4.78 is 75.3. The third kappa shape index (κ3) is 16.4. The summed E-state index contributed by atoms with van der Waals surface area (Å²) in [7, 11) is 2.27. The van der Waals surface area contributed by atoms with Crippen LogP contribution in [0.25, 0.3) is 0 Å². The van der Waals surface area contributed by atoms with Gasteiger partial charge in [0.2, 0.25) is 5.91 Å². The summed E-state index contributed by atoms with van der Waals surface area (Å²) >= 11 is 2.88. The maximum atomic E-state index is 15.6. The van der Waals surface area contributed by atoms with Crippen molar-refractivity contribution in [2.75, 3.05) is 27.4 Å². The van der Waals surface area contributed by atoms with E-state index in [1.54, 1.807) is 190 Å². The molecule has 0 radical (unpaired) electrons. The molecule has 13 rings (SSSR count). The van der Waals surface area contributed by atoms with Crippen LogP contribution in [0.4, 0.5) is 19.2 Å². The topological polar surface area (TPSA) is 401 Å². The molecule has 4 aromatic rings. The molecule has 32 heteroatoms. The minimum Gasteiger partial charge on any atom is -0.457 e. The number of thiophene rings is 2. The van der Waals surface area contributed by atoms with Gasteiger partial charge in [0.15, 0.2) is 11.2 Å². The van der Waals surface area contributed by atoms with Gasteiger partial charge in [-0.1, -0.05) is 97.0 Å². The first-order valence-corrected chi connectivity index (χ1v) is 42.7. The van der Waals surface area contributed by atoms with Crippen LogP contribution in [0.15, 0.2) is 118 Å². The molecule has 6 aliphatic carbocycles. The maximum Gasteiger partial charge on any atom is 0.508 e. The maximum absolute atomic E-state index is 15.6. The molecule has 122 heavy (non-hydrogen) atoms. The number of nitrogens with one attached hydrogen (secondary N) is 1. The third-order valence-corrected chi connectivity index (χ3v) is 28.6. The van der Waals surface area contributed by atoms with Crippen LogP contribution < -0.4 is 5.32 Å². The molecule has 664 valence electrons. The number of amides is 3. The summed E-state index contributed by atoms with van der Waals surface area (Å²) in [6.45, 7) is 33.0. The number of alkyl carbamates (subject to hydrolysis) is 1. The Morgan fingerprint density at radius 2 is 1.01 bits per heavy atom. The van der Waals surface area contributed by atoms with E-state index in [4.69, 9.17) is 61.6 Å². The van der Waals surface area contributed by atoms with E-state index >= 15 is 4.79 Å². The molecule has 3 amide bonds. The van der Waals surface area contributed by atoms with Crippen LogP contribution in [0.3, 0.4) is 0 Å². The lowest BCUT2D eigenvalue weighted by atomic mass is 9.43. The van der Waals surface area contributed by atoms with Crippen LogP contribution in [0.1, 0.15) is 207 Å². The highest BCUT2D eigenvalue weighted by Gasteiger charge is 2.81. The molecule has 3 saturated heterocycles. The van der Waals surface area contributed by atoms with Crippen molar-refractivity contribution in [2.24, 2.45) is 57.2 Å². The average Bonchev–Trinajstić information content (AvgIpc) is 0.720. The van der Waals surface area contributed by atoms with Crippen LogP contribution in [0.2, 0.25) is 0 Å². The molecule has 2 unspecified atom stereocenters. The molecule has 2 aromatic carbocycles. The van der Waals surface area contributed by atoms with E-state index in [1.807, 2.05) is 29.8 Å². The second-order valence-electron chi connectivity index (χ2n) is 36.9. The number of nitrogens with zero attached hydrogens (tertiary/aromatic N) is 1. The number of carbonyl (C=O) groups is 12. The zero-order chi connectivity index (χ0) is 90.2. The fraction of sp³-hybridized carbons (Fsp3) is 0.600. The minimum atomic E-state index is -2.18. The standard InChI is InChI=1S/C45H57NO14S.C32H40O11.C13H17NO3S/c1-23-28(56-37(49)25(3)33(29-18-15-19-61-29)46-39(51)60-41(5,6)7)21-45(53)36(58-38(50)27-16-13-12-14-17-27)34-43(10,35(48)24(2)32(23)42(45,8)9)30(57-40(52)54-11)20-31-44(34,22-55-31)59-26(4)47;1-16-20(34)14-32(38)26(42-27(36)19-11-9-8-10-12-19)24-30(6,25(35)17(2)23(16)29(32,4)5)21(41-28(37)39-7)13-22-31(24,15-40-22)43-18(3)33;1-8-10(9-6-5-7-18-9)14(11(8)15)12(16)17-13(2,3)4/h12-19,24-25,28,30-31,33-34,36,53H,20-22H2,1-11H3,(H,46,51);8-12,17,20-22,24,26,34,38H,13-15H2,1-7H3;5-8,10H,1-4H3/t24-,25-,28+,30+,31-,33-,34?,36+,43-,44+,45-;17-,20+,21+,22-,24?,26+,30-,31+,32-;8-,10-/m111/s1. The summed E-state index contributed by atoms with van der Waals surface area (Å²) in [6.07, 6.45) is -13.9. The number of esters is 5. The number of hydrogen-bond donors (Lipinski definition) is 4. The molecular weight excluding hydrogens is 1620 g/mol. The number of fused-ring (bicyclic) bond motifs is 10. The van der Waals surface area contributed by atoms with Crippen molar-refractivity contribution in [1.29, 1.82) is 0 Å². The van der Waals surface area contributed by atoms with Crippen LogP contribution in [0.5, 0.6) is 0 Å². The van der Waals surface area contributed by atoms with E-state index in [0.717, 1.165) is 19.1 Å². The summed E-state index contributed by atoms with van der Waals surface area (Å²) in [5, 5.41) is 44.6. The molecule has 4 saturated carbocycles. The van der Waals surface area contributed by atoms with E-state index in [2.05, 4.69) is 5.32 Å². The molecule has 2 aromatic heterocycles. The van der Waals surface area contributed by atoms with Crippen LogP contribution in [0, 0.1) is 57.2 Å². The number of likely N-dealkylation sites (tertiary alicyclic amines) is 1. The summed E-state index contributed by atoms with van der Waals surface area (Å²) in [5.74, 6) is -10.5. The number of aliphatic hydroxyl groups excluding tert-OH is 1. The van der Waals surface area contributed by atoms with E-state index in [0.29, 0.717) is 27.2 Å². The van der Waals surface area contributed by atoms with Gasteiger partial charge in [-0.05, 0) is 146 Å². The van der Waals surface area contributed by atoms with Crippen molar-refractivity contribution in [1.82, 2.24) is 10.2 Å². The Labute approximate surface area is 717 Å². The lowest BCUT2D eigenvalue weighted by Crippen LogP contribution is -2.81. The van der Waals surface area contributed by atoms with Gasteiger partial charge in [0.1, 0.15) is 76.7 Å². The first kappa shape index (κ1) is 93.3. The number of benzene rings is 2. The number of carbonyl (C=O) groups excluding carboxylic acids is 12. The van der Waals surface area contributed by atoms with E-state index < -0.39 is 200 Å². The van der Waals surface area contributed by atoms with Gasteiger partial charge in [0, 0.05) is 72.0 Å². The van der Waals surface area contributed by atoms with Gasteiger partial charge in [-0.15, -0.1) is 22.7 Å². The number of ether oxygens (including phenoxy) is 13. The average molecular weight is 1740 g/mol. The monoisotopic (exact) mass is 1730 g/mol. The highest BCUT2D eigenvalue weighted by molar-refractivity contribution is 7.10. The lowest BCUT2D eigenvalue weighted by molar-refractivity contribution is -0.345. The van der Waals surface area contributed by atoms with E-state index in [-0.39, 0.29) is 73.7 Å². The van der Waals surface area contributed by atoms with Gasteiger partial charge in [-0.3, -0.25) is 28.8 Å². The van der Waals surface area contributed by atoms with Gasteiger partial charge >= 0.3 is 54.3 Å². The first-order chi connectivity index (χ1) is 56.8. The lowest BCUT2D eigenvalue weighted by Gasteiger charge is -2.67. The molecule has 0 spiro atoms. The van der Waals surface area contributed by atoms with Crippen LogP contribution in [-0.4, -0.2) is 202 Å². The van der Waals surface area contributed by atoms with Gasteiger partial charge in [0.25, 0.3) is 0 Å². The van der Waals surface area contributed by atoms with E-state index in [9.17, 15) is 68.1 Å². The van der Waals surface area contributed by atoms with Crippen molar-refractivity contribution in [3.8, 4) is 0 Å². The number of rotatable bonds is 14. The van der Waals surface area contributed by atoms with Crippen LogP contribution in [-0.2, 0) is 90.3 Å². The minimum absolute atomic E-state index is 0.0182. The molecule has 30 nitrogen and oxygen atoms in total.